The molecule has 0 aromatic carbocycles. The fourth-order valence-electron chi connectivity index (χ4n) is 1.88. The topological polar surface area (TPSA) is 89.1 Å². The predicted molar refractivity (Wildman–Crippen MR) is 61.1 cm³/mol. The van der Waals surface area contributed by atoms with Crippen LogP contribution in [-0.4, -0.2) is 24.5 Å². The second-order valence-electron chi connectivity index (χ2n) is 4.38. The van der Waals surface area contributed by atoms with Crippen LogP contribution in [0.1, 0.15) is 24.6 Å². The molecule has 3 heterocycles. The zero-order valence-electron chi connectivity index (χ0n) is 9.33. The zero-order chi connectivity index (χ0) is 12.1. The van der Waals surface area contributed by atoms with E-state index in [9.17, 15) is 4.79 Å². The van der Waals surface area contributed by atoms with Gasteiger partial charge in [0, 0.05) is 24.5 Å². The Hall–Kier alpha value is -2.44. The van der Waals surface area contributed by atoms with E-state index in [0.717, 1.165) is 18.7 Å². The van der Waals surface area contributed by atoms with Gasteiger partial charge in [0.2, 0.25) is 5.65 Å². The fraction of sp³-hybridized carbons (Fsp3) is 0.273. The summed E-state index contributed by atoms with van der Waals surface area (Å²) >= 11 is 0. The number of aromatic nitrogens is 5. The van der Waals surface area contributed by atoms with Gasteiger partial charge in [0.1, 0.15) is 5.69 Å². The van der Waals surface area contributed by atoms with Crippen molar-refractivity contribution in [2.45, 2.75) is 18.8 Å². The monoisotopic (exact) mass is 243 g/mol. The summed E-state index contributed by atoms with van der Waals surface area (Å²) in [4.78, 5) is 22.6. The Morgan fingerprint density at radius 1 is 1.39 bits per heavy atom. The van der Waals surface area contributed by atoms with Crippen LogP contribution in [0, 0.1) is 0 Å². The number of fused-ring (bicyclic) bond motifs is 1. The molecule has 3 aromatic heterocycles. The lowest BCUT2D eigenvalue weighted by molar-refractivity contribution is 0.421. The van der Waals surface area contributed by atoms with Gasteiger partial charge in [-0.05, 0) is 12.8 Å². The van der Waals surface area contributed by atoms with Crippen LogP contribution in [0.4, 0.5) is 0 Å². The van der Waals surface area contributed by atoms with Crippen LogP contribution in [0.3, 0.4) is 0 Å². The highest BCUT2D eigenvalue weighted by Gasteiger charge is 2.29. The first kappa shape index (κ1) is 9.58. The molecule has 0 spiro atoms. The van der Waals surface area contributed by atoms with Crippen LogP contribution in [0.15, 0.2) is 27.9 Å². The van der Waals surface area contributed by atoms with Gasteiger partial charge in [0.05, 0.1) is 0 Å². The minimum absolute atomic E-state index is 0.245. The van der Waals surface area contributed by atoms with Crippen molar-refractivity contribution >= 4 is 5.65 Å². The summed E-state index contributed by atoms with van der Waals surface area (Å²) < 4.78 is 6.81. The average molecular weight is 243 g/mol. The second kappa shape index (κ2) is 3.28. The average Bonchev–Trinajstić information content (AvgIpc) is 2.93. The minimum Gasteiger partial charge on any atom is -0.332 e. The van der Waals surface area contributed by atoms with Crippen molar-refractivity contribution in [3.63, 3.8) is 0 Å². The van der Waals surface area contributed by atoms with Gasteiger partial charge >= 0.3 is 0 Å². The lowest BCUT2D eigenvalue weighted by Gasteiger charge is -1.86. The standard InChI is InChI=1S/C11H9N5O2/c17-10-9-13-7(5-16(9)4-3-12-10)11-14-8(15-18-11)6-1-2-6/h3-6H,1-2H2,(H,12,17). The third-order valence-corrected chi connectivity index (χ3v) is 2.99. The van der Waals surface area contributed by atoms with E-state index in [2.05, 4.69) is 20.1 Å². The van der Waals surface area contributed by atoms with E-state index in [1.807, 2.05) is 0 Å². The number of imidazole rings is 1. The van der Waals surface area contributed by atoms with E-state index in [1.165, 1.54) is 0 Å². The lowest BCUT2D eigenvalue weighted by Crippen LogP contribution is -2.07. The largest absolute Gasteiger partial charge is 0.332 e. The summed E-state index contributed by atoms with van der Waals surface area (Å²) in [5.41, 5.74) is 0.593. The van der Waals surface area contributed by atoms with Crippen LogP contribution < -0.4 is 5.56 Å². The smallest absolute Gasteiger partial charge is 0.291 e. The first-order valence-electron chi connectivity index (χ1n) is 5.71. The molecule has 0 amide bonds. The maximum Gasteiger partial charge on any atom is 0.291 e. The van der Waals surface area contributed by atoms with Gasteiger partial charge in [0.15, 0.2) is 5.82 Å². The molecule has 7 nitrogen and oxygen atoms in total. The summed E-state index contributed by atoms with van der Waals surface area (Å²) in [5, 5.41) is 3.93. The summed E-state index contributed by atoms with van der Waals surface area (Å²) in [7, 11) is 0. The van der Waals surface area contributed by atoms with E-state index in [0.29, 0.717) is 23.1 Å². The SMILES string of the molecule is O=c1[nH]ccn2cc(-c3nc(C4CC4)no3)nc12. The summed E-state index contributed by atoms with van der Waals surface area (Å²) in [6.45, 7) is 0. The number of nitrogens with one attached hydrogen (secondary N) is 1. The van der Waals surface area contributed by atoms with E-state index < -0.39 is 0 Å². The molecular weight excluding hydrogens is 234 g/mol. The molecule has 7 heteroatoms. The number of hydrogen-bond acceptors (Lipinski definition) is 5. The number of aromatic amines is 1. The summed E-state index contributed by atoms with van der Waals surface area (Å²) in [6, 6.07) is 0. The molecule has 18 heavy (non-hydrogen) atoms. The third-order valence-electron chi connectivity index (χ3n) is 2.99. The Kier molecular flexibility index (Phi) is 1.75. The van der Waals surface area contributed by atoms with E-state index in [4.69, 9.17) is 4.52 Å². The van der Waals surface area contributed by atoms with Crippen molar-refractivity contribution in [2.75, 3.05) is 0 Å². The molecule has 1 saturated carbocycles. The number of nitrogens with zero attached hydrogens (tertiary/aromatic N) is 4. The number of hydrogen-bond donors (Lipinski definition) is 1. The first-order chi connectivity index (χ1) is 8.81. The Balaban J connectivity index is 1.85. The zero-order valence-corrected chi connectivity index (χ0v) is 9.33. The molecule has 1 N–H and O–H groups in total. The summed E-state index contributed by atoms with van der Waals surface area (Å²) in [5.74, 6) is 1.53. The molecule has 1 aliphatic carbocycles. The molecule has 3 aromatic rings. The number of rotatable bonds is 2. The normalized spacial score (nSPS) is 15.3. The maximum absolute atomic E-state index is 11.5. The van der Waals surface area contributed by atoms with Crippen molar-refractivity contribution in [2.24, 2.45) is 0 Å². The van der Waals surface area contributed by atoms with Crippen LogP contribution in [0.5, 0.6) is 0 Å². The quantitative estimate of drug-likeness (QED) is 0.723. The van der Waals surface area contributed by atoms with Gasteiger partial charge in [-0.15, -0.1) is 0 Å². The molecule has 0 saturated heterocycles. The second-order valence-corrected chi connectivity index (χ2v) is 4.38. The van der Waals surface area contributed by atoms with Crippen molar-refractivity contribution in [1.29, 1.82) is 0 Å². The van der Waals surface area contributed by atoms with Gasteiger partial charge in [-0.25, -0.2) is 4.98 Å². The number of H-pyrrole nitrogens is 1. The van der Waals surface area contributed by atoms with Gasteiger partial charge in [-0.3, -0.25) is 4.79 Å². The van der Waals surface area contributed by atoms with Crippen LogP contribution >= 0.6 is 0 Å². The van der Waals surface area contributed by atoms with Gasteiger partial charge in [-0.1, -0.05) is 5.16 Å². The van der Waals surface area contributed by atoms with Gasteiger partial charge in [-0.2, -0.15) is 4.98 Å². The van der Waals surface area contributed by atoms with E-state index >= 15 is 0 Å². The van der Waals surface area contributed by atoms with Crippen LogP contribution in [0.25, 0.3) is 17.2 Å². The molecule has 0 atom stereocenters. The molecular formula is C11H9N5O2. The molecule has 0 radical (unpaired) electrons. The molecule has 4 rings (SSSR count). The van der Waals surface area contributed by atoms with Gasteiger partial charge in [0.25, 0.3) is 11.4 Å². The Labute approximate surface area is 100 Å². The molecule has 0 bridgehead atoms. The Morgan fingerprint density at radius 3 is 3.06 bits per heavy atom. The molecule has 0 aliphatic heterocycles. The van der Waals surface area contributed by atoms with E-state index in [-0.39, 0.29) is 5.56 Å². The highest BCUT2D eigenvalue weighted by molar-refractivity contribution is 5.53. The molecule has 90 valence electrons. The molecule has 1 fully saturated rings. The minimum atomic E-state index is -0.245. The molecule has 0 unspecified atom stereocenters. The van der Waals surface area contributed by atoms with Crippen molar-refractivity contribution in [3.8, 4) is 11.6 Å². The van der Waals surface area contributed by atoms with Crippen LogP contribution in [-0.2, 0) is 0 Å². The van der Waals surface area contributed by atoms with Crippen molar-refractivity contribution in [1.82, 2.24) is 24.5 Å². The van der Waals surface area contributed by atoms with Crippen molar-refractivity contribution < 1.29 is 4.52 Å². The Bertz CT molecular complexity index is 780. The highest BCUT2D eigenvalue weighted by Crippen LogP contribution is 2.38. The van der Waals surface area contributed by atoms with Crippen molar-refractivity contribution in [3.05, 3.63) is 34.8 Å². The Morgan fingerprint density at radius 2 is 2.28 bits per heavy atom. The highest BCUT2D eigenvalue weighted by atomic mass is 16.5. The maximum atomic E-state index is 11.5. The summed E-state index contributed by atoms with van der Waals surface area (Å²) in [6.07, 6.45) is 7.21. The molecule has 1 aliphatic rings. The first-order valence-corrected chi connectivity index (χ1v) is 5.71. The van der Waals surface area contributed by atoms with Gasteiger partial charge < -0.3 is 13.9 Å². The van der Waals surface area contributed by atoms with Crippen LogP contribution in [0.2, 0.25) is 0 Å². The van der Waals surface area contributed by atoms with E-state index in [1.54, 1.807) is 23.0 Å². The lowest BCUT2D eigenvalue weighted by atomic mass is 10.4. The fourth-order valence-corrected chi connectivity index (χ4v) is 1.88. The third kappa shape index (κ3) is 1.37. The predicted octanol–water partition coefficient (Wildman–Crippen LogP) is 0.950.